The SMILES string of the molecule is CCCCCCOc1ccc(C#Cc2ccc([C@H]3CC[C@H](CCC)CC3)cc2)nc1. The van der Waals surface area contributed by atoms with Gasteiger partial charge in [0.15, 0.2) is 0 Å². The monoisotopic (exact) mass is 403 g/mol. The molecule has 0 spiro atoms. The molecule has 2 heteroatoms. The summed E-state index contributed by atoms with van der Waals surface area (Å²) in [6, 6.07) is 12.8. The van der Waals surface area contributed by atoms with Crippen LogP contribution in [0.15, 0.2) is 42.6 Å². The molecule has 1 aliphatic rings. The number of hydrogen-bond donors (Lipinski definition) is 0. The number of ether oxygens (including phenoxy) is 1. The molecular formula is C28H37NO. The Labute approximate surface area is 183 Å². The Balaban J connectivity index is 1.48. The minimum Gasteiger partial charge on any atom is -0.492 e. The molecule has 1 heterocycles. The summed E-state index contributed by atoms with van der Waals surface area (Å²) in [6.07, 6.45) is 14.8. The van der Waals surface area contributed by atoms with Gasteiger partial charge in [0.1, 0.15) is 11.4 Å². The summed E-state index contributed by atoms with van der Waals surface area (Å²) < 4.78 is 5.75. The van der Waals surface area contributed by atoms with Crippen molar-refractivity contribution in [2.45, 2.75) is 84.0 Å². The first-order chi connectivity index (χ1) is 14.8. The smallest absolute Gasteiger partial charge is 0.137 e. The number of rotatable bonds is 9. The van der Waals surface area contributed by atoms with E-state index in [1.165, 1.54) is 63.4 Å². The zero-order chi connectivity index (χ0) is 21.0. The van der Waals surface area contributed by atoms with E-state index in [1.807, 2.05) is 12.1 Å². The van der Waals surface area contributed by atoms with Crippen LogP contribution in [0.1, 0.15) is 101 Å². The largest absolute Gasteiger partial charge is 0.492 e. The Hall–Kier alpha value is -2.27. The van der Waals surface area contributed by atoms with Crippen LogP contribution in [0, 0.1) is 17.8 Å². The topological polar surface area (TPSA) is 22.1 Å². The second-order valence-corrected chi connectivity index (χ2v) is 8.67. The van der Waals surface area contributed by atoms with Crippen molar-refractivity contribution in [2.75, 3.05) is 6.61 Å². The van der Waals surface area contributed by atoms with Crippen LogP contribution in [0.4, 0.5) is 0 Å². The van der Waals surface area contributed by atoms with Crippen LogP contribution in [0.5, 0.6) is 5.75 Å². The lowest BCUT2D eigenvalue weighted by Gasteiger charge is -2.28. The van der Waals surface area contributed by atoms with Crippen molar-refractivity contribution in [1.82, 2.24) is 4.98 Å². The lowest BCUT2D eigenvalue weighted by Crippen LogP contribution is -2.13. The predicted molar refractivity (Wildman–Crippen MR) is 126 cm³/mol. The van der Waals surface area contributed by atoms with E-state index in [4.69, 9.17) is 4.74 Å². The molecule has 0 aliphatic heterocycles. The number of unbranched alkanes of at least 4 members (excludes halogenated alkanes) is 3. The van der Waals surface area contributed by atoms with Gasteiger partial charge in [0.05, 0.1) is 12.8 Å². The minimum absolute atomic E-state index is 0.733. The van der Waals surface area contributed by atoms with E-state index in [9.17, 15) is 0 Å². The second-order valence-electron chi connectivity index (χ2n) is 8.67. The highest BCUT2D eigenvalue weighted by atomic mass is 16.5. The van der Waals surface area contributed by atoms with Crippen LogP contribution >= 0.6 is 0 Å². The molecule has 0 amide bonds. The summed E-state index contributed by atoms with van der Waals surface area (Å²) in [5.74, 6) is 8.94. The molecule has 1 aromatic carbocycles. The maximum atomic E-state index is 5.75. The zero-order valence-corrected chi connectivity index (χ0v) is 18.8. The lowest BCUT2D eigenvalue weighted by atomic mass is 9.77. The molecule has 1 fully saturated rings. The van der Waals surface area contributed by atoms with Crippen molar-refractivity contribution < 1.29 is 4.74 Å². The van der Waals surface area contributed by atoms with E-state index in [0.29, 0.717) is 0 Å². The van der Waals surface area contributed by atoms with Gasteiger partial charge in [-0.1, -0.05) is 64.0 Å². The summed E-state index contributed by atoms with van der Waals surface area (Å²) >= 11 is 0. The number of benzene rings is 1. The molecule has 1 aliphatic carbocycles. The maximum absolute atomic E-state index is 5.75. The second kappa shape index (κ2) is 12.4. The Morgan fingerprint density at radius 3 is 2.33 bits per heavy atom. The fraction of sp³-hybridized carbons (Fsp3) is 0.536. The van der Waals surface area contributed by atoms with Crippen molar-refractivity contribution in [2.24, 2.45) is 5.92 Å². The Morgan fingerprint density at radius 1 is 0.867 bits per heavy atom. The molecule has 0 saturated heterocycles. The molecule has 2 aromatic rings. The molecule has 0 N–H and O–H groups in total. The Morgan fingerprint density at radius 2 is 1.67 bits per heavy atom. The summed E-state index contributed by atoms with van der Waals surface area (Å²) in [5, 5.41) is 0. The molecule has 2 nitrogen and oxygen atoms in total. The molecule has 0 bridgehead atoms. The zero-order valence-electron chi connectivity index (χ0n) is 18.8. The molecule has 0 unspecified atom stereocenters. The lowest BCUT2D eigenvalue weighted by molar-refractivity contribution is 0.304. The predicted octanol–water partition coefficient (Wildman–Crippen LogP) is 7.51. The third-order valence-electron chi connectivity index (χ3n) is 6.26. The van der Waals surface area contributed by atoms with Crippen LogP contribution < -0.4 is 4.74 Å². The van der Waals surface area contributed by atoms with Crippen LogP contribution in [-0.2, 0) is 0 Å². The quantitative estimate of drug-likeness (QED) is 0.319. The Kier molecular flexibility index (Phi) is 9.29. The van der Waals surface area contributed by atoms with E-state index < -0.39 is 0 Å². The van der Waals surface area contributed by atoms with E-state index in [-0.39, 0.29) is 0 Å². The van der Waals surface area contributed by atoms with Crippen LogP contribution in [0.25, 0.3) is 0 Å². The first kappa shape index (κ1) is 22.4. The molecule has 30 heavy (non-hydrogen) atoms. The van der Waals surface area contributed by atoms with E-state index in [2.05, 4.69) is 54.9 Å². The van der Waals surface area contributed by atoms with Gasteiger partial charge < -0.3 is 4.74 Å². The van der Waals surface area contributed by atoms with Crippen molar-refractivity contribution in [1.29, 1.82) is 0 Å². The summed E-state index contributed by atoms with van der Waals surface area (Å²) in [6.45, 7) is 5.29. The number of nitrogens with zero attached hydrogens (tertiary/aromatic N) is 1. The summed E-state index contributed by atoms with van der Waals surface area (Å²) in [7, 11) is 0. The first-order valence-electron chi connectivity index (χ1n) is 12.0. The van der Waals surface area contributed by atoms with E-state index in [0.717, 1.165) is 41.9 Å². The van der Waals surface area contributed by atoms with Gasteiger partial charge >= 0.3 is 0 Å². The standard InChI is InChI=1S/C28H37NO/c1-3-5-6-7-21-30-28-20-19-27(29-22-28)18-13-24-11-16-26(17-12-24)25-14-9-23(8-4-2)10-15-25/h11-12,16-17,19-20,22-23,25H,3-10,14-15,21H2,1-2H3/t23-,25-. The first-order valence-corrected chi connectivity index (χ1v) is 12.0. The van der Waals surface area contributed by atoms with Gasteiger partial charge in [-0.3, -0.25) is 0 Å². The van der Waals surface area contributed by atoms with Gasteiger partial charge in [0, 0.05) is 5.56 Å². The maximum Gasteiger partial charge on any atom is 0.137 e. The van der Waals surface area contributed by atoms with Gasteiger partial charge in [-0.2, -0.15) is 0 Å². The highest BCUT2D eigenvalue weighted by molar-refractivity contribution is 5.42. The average Bonchev–Trinajstić information content (AvgIpc) is 2.79. The minimum atomic E-state index is 0.733. The van der Waals surface area contributed by atoms with Gasteiger partial charge in [-0.25, -0.2) is 4.98 Å². The molecule has 3 rings (SSSR count). The third-order valence-corrected chi connectivity index (χ3v) is 6.26. The summed E-state index contributed by atoms with van der Waals surface area (Å²) in [5.41, 5.74) is 3.32. The normalized spacial score (nSPS) is 18.5. The molecule has 1 saturated carbocycles. The molecule has 0 atom stereocenters. The van der Waals surface area contributed by atoms with Crippen molar-refractivity contribution in [3.05, 3.63) is 59.4 Å². The molecule has 1 aromatic heterocycles. The number of aromatic nitrogens is 1. The molecule has 0 radical (unpaired) electrons. The highest BCUT2D eigenvalue weighted by Crippen LogP contribution is 2.37. The van der Waals surface area contributed by atoms with Gasteiger partial charge in [-0.15, -0.1) is 0 Å². The van der Waals surface area contributed by atoms with Crippen molar-refractivity contribution in [3.8, 4) is 17.6 Å². The fourth-order valence-electron chi connectivity index (χ4n) is 4.43. The third kappa shape index (κ3) is 7.21. The van der Waals surface area contributed by atoms with Gasteiger partial charge in [0.2, 0.25) is 0 Å². The summed E-state index contributed by atoms with van der Waals surface area (Å²) in [4.78, 5) is 4.42. The van der Waals surface area contributed by atoms with Crippen LogP contribution in [0.3, 0.4) is 0 Å². The number of pyridine rings is 1. The molecular weight excluding hydrogens is 366 g/mol. The number of hydrogen-bond acceptors (Lipinski definition) is 2. The average molecular weight is 404 g/mol. The van der Waals surface area contributed by atoms with E-state index in [1.54, 1.807) is 6.20 Å². The highest BCUT2D eigenvalue weighted by Gasteiger charge is 2.21. The van der Waals surface area contributed by atoms with Crippen LogP contribution in [-0.4, -0.2) is 11.6 Å². The van der Waals surface area contributed by atoms with E-state index >= 15 is 0 Å². The van der Waals surface area contributed by atoms with Crippen molar-refractivity contribution >= 4 is 0 Å². The van der Waals surface area contributed by atoms with Crippen LogP contribution in [0.2, 0.25) is 0 Å². The molecule has 160 valence electrons. The fourth-order valence-corrected chi connectivity index (χ4v) is 4.43. The van der Waals surface area contributed by atoms with Gasteiger partial charge in [-0.05, 0) is 79.7 Å². The van der Waals surface area contributed by atoms with Gasteiger partial charge in [0.25, 0.3) is 0 Å². The Bertz CT molecular complexity index is 789. The van der Waals surface area contributed by atoms with Crippen molar-refractivity contribution in [3.63, 3.8) is 0 Å².